The van der Waals surface area contributed by atoms with Crippen molar-refractivity contribution in [1.29, 1.82) is 0 Å². The highest BCUT2D eigenvalue weighted by atomic mass is 15.1. The van der Waals surface area contributed by atoms with Crippen LogP contribution >= 0.6 is 0 Å². The maximum absolute atomic E-state index is 2.35. The van der Waals surface area contributed by atoms with Crippen molar-refractivity contribution >= 4 is 28.7 Å². The summed E-state index contributed by atoms with van der Waals surface area (Å²) in [6, 6.07) is 95.9. The van der Waals surface area contributed by atoms with Crippen LogP contribution in [-0.2, 0) is 6.42 Å². The molecule has 0 aliphatic carbocycles. The van der Waals surface area contributed by atoms with Crippen LogP contribution in [0.15, 0.2) is 267 Å². The fourth-order valence-corrected chi connectivity index (χ4v) is 8.69. The van der Waals surface area contributed by atoms with E-state index in [9.17, 15) is 0 Å². The van der Waals surface area contributed by atoms with Crippen LogP contribution < -0.4 is 4.90 Å². The van der Waals surface area contributed by atoms with Crippen molar-refractivity contribution in [3.8, 4) is 55.6 Å². The molecule has 0 atom stereocenters. The molecule has 304 valence electrons. The Hall–Kier alpha value is -8.26. The molecule has 0 amide bonds. The molecule has 64 heavy (non-hydrogen) atoms. The molecule has 10 rings (SSSR count). The molecule has 0 aliphatic heterocycles. The van der Waals surface area contributed by atoms with Gasteiger partial charge in [0.1, 0.15) is 0 Å². The van der Waals surface area contributed by atoms with Gasteiger partial charge in [-0.15, -0.1) is 0 Å². The van der Waals surface area contributed by atoms with Crippen LogP contribution in [0.4, 0.5) is 17.1 Å². The lowest BCUT2D eigenvalue weighted by atomic mass is 9.89. The van der Waals surface area contributed by atoms with Crippen LogP contribution in [0.2, 0.25) is 0 Å². The Bertz CT molecular complexity index is 3100. The monoisotopic (exact) mass is 817 g/mol. The molecule has 0 saturated carbocycles. The predicted molar refractivity (Wildman–Crippen MR) is 273 cm³/mol. The molecule has 0 bridgehead atoms. The number of anilines is 3. The normalized spacial score (nSPS) is 11.3. The Kier molecular flexibility index (Phi) is 11.7. The summed E-state index contributed by atoms with van der Waals surface area (Å²) in [6.45, 7) is 0. The van der Waals surface area contributed by atoms with E-state index in [0.29, 0.717) is 0 Å². The van der Waals surface area contributed by atoms with Crippen LogP contribution in [0.1, 0.15) is 16.7 Å². The zero-order valence-corrected chi connectivity index (χ0v) is 35.6. The summed E-state index contributed by atoms with van der Waals surface area (Å²) in [5.74, 6) is 0. The number of para-hydroxylation sites is 2. The second-order valence-electron chi connectivity index (χ2n) is 16.1. The molecule has 0 spiro atoms. The maximum atomic E-state index is 2.35. The number of hydrogen-bond acceptors (Lipinski definition) is 1. The van der Waals surface area contributed by atoms with Crippen molar-refractivity contribution in [2.75, 3.05) is 4.90 Å². The third-order valence-corrected chi connectivity index (χ3v) is 12.0. The van der Waals surface area contributed by atoms with Gasteiger partial charge in [-0.25, -0.2) is 0 Å². The van der Waals surface area contributed by atoms with E-state index in [1.54, 1.807) is 0 Å². The van der Waals surface area contributed by atoms with Crippen LogP contribution in [0.3, 0.4) is 0 Å². The Balaban J connectivity index is 0.854. The molecule has 0 aromatic heterocycles. The largest absolute Gasteiger partial charge is 0.310 e. The molecule has 0 N–H and O–H groups in total. The van der Waals surface area contributed by atoms with Crippen molar-refractivity contribution in [1.82, 2.24) is 0 Å². The third-order valence-electron chi connectivity index (χ3n) is 12.0. The van der Waals surface area contributed by atoms with Crippen LogP contribution in [-0.4, -0.2) is 0 Å². The maximum Gasteiger partial charge on any atom is 0.0540 e. The SMILES string of the molecule is C(=C(\Cc1ccc(-c2ccc(-c3ccc(-c4ccc(N(c5ccccc5)c5ccccc5-c5ccccc5)cc4)cc3)cc2)cc1)c1ccccc1-c1ccccc1)/c1ccccc1. The van der Waals surface area contributed by atoms with Crippen LogP contribution in [0, 0.1) is 0 Å². The lowest BCUT2D eigenvalue weighted by Gasteiger charge is -2.28. The molecule has 0 fully saturated rings. The number of hydrogen-bond donors (Lipinski definition) is 0. The minimum atomic E-state index is 0.827. The molecule has 1 nitrogen and oxygen atoms in total. The number of nitrogens with zero attached hydrogens (tertiary/aromatic N) is 1. The summed E-state index contributed by atoms with van der Waals surface area (Å²) < 4.78 is 0. The summed E-state index contributed by atoms with van der Waals surface area (Å²) in [6.07, 6.45) is 3.16. The Labute approximate surface area is 377 Å². The average molecular weight is 818 g/mol. The standard InChI is InChI=1S/C63H47N/c1-5-17-47(18-6-1)45-57(61-26-14-13-25-60(61)55-19-7-2-8-20-55)46-48-29-31-49(32-30-48)50-33-35-51(36-34-50)52-37-39-53(40-38-52)54-41-43-59(44-42-54)64(58-23-11-4-12-24-58)63-28-16-15-27-62(63)56-21-9-3-10-22-56/h1-45H,46H2/b57-45-. The Morgan fingerprint density at radius 2 is 0.672 bits per heavy atom. The van der Waals surface area contributed by atoms with Gasteiger partial charge in [0, 0.05) is 16.9 Å². The van der Waals surface area contributed by atoms with E-state index >= 15 is 0 Å². The molecule has 0 saturated heterocycles. The van der Waals surface area contributed by atoms with Crippen LogP contribution in [0.25, 0.3) is 67.3 Å². The zero-order chi connectivity index (χ0) is 42.9. The highest BCUT2D eigenvalue weighted by molar-refractivity contribution is 5.91. The summed E-state index contributed by atoms with van der Waals surface area (Å²) in [5, 5.41) is 0. The van der Waals surface area contributed by atoms with E-state index < -0.39 is 0 Å². The third kappa shape index (κ3) is 8.88. The second-order valence-corrected chi connectivity index (χ2v) is 16.1. The van der Waals surface area contributed by atoms with E-state index in [-0.39, 0.29) is 0 Å². The minimum Gasteiger partial charge on any atom is -0.310 e. The van der Waals surface area contributed by atoms with E-state index in [0.717, 1.165) is 23.5 Å². The van der Waals surface area contributed by atoms with Crippen molar-refractivity contribution in [2.24, 2.45) is 0 Å². The van der Waals surface area contributed by atoms with Crippen LogP contribution in [0.5, 0.6) is 0 Å². The highest BCUT2D eigenvalue weighted by Gasteiger charge is 2.17. The van der Waals surface area contributed by atoms with E-state index in [4.69, 9.17) is 0 Å². The van der Waals surface area contributed by atoms with Crippen molar-refractivity contribution in [3.63, 3.8) is 0 Å². The fraction of sp³-hybridized carbons (Fsp3) is 0.0159. The average Bonchev–Trinajstić information content (AvgIpc) is 3.38. The van der Waals surface area contributed by atoms with Gasteiger partial charge in [-0.1, -0.05) is 243 Å². The van der Waals surface area contributed by atoms with Crippen molar-refractivity contribution in [2.45, 2.75) is 6.42 Å². The molecule has 0 aliphatic rings. The first-order chi connectivity index (χ1) is 31.7. The first-order valence-electron chi connectivity index (χ1n) is 22.0. The molecule has 0 heterocycles. The molecule has 10 aromatic rings. The van der Waals surface area contributed by atoms with Gasteiger partial charge in [0.05, 0.1) is 5.69 Å². The van der Waals surface area contributed by atoms with Gasteiger partial charge in [-0.2, -0.15) is 0 Å². The Morgan fingerprint density at radius 1 is 0.297 bits per heavy atom. The predicted octanol–water partition coefficient (Wildman–Crippen LogP) is 17.3. The molecular weight excluding hydrogens is 771 g/mol. The van der Waals surface area contributed by atoms with Gasteiger partial charge in [0.15, 0.2) is 0 Å². The first kappa shape index (κ1) is 39.9. The van der Waals surface area contributed by atoms with Gasteiger partial charge in [0.25, 0.3) is 0 Å². The topological polar surface area (TPSA) is 3.24 Å². The molecule has 1 heteroatoms. The quantitative estimate of drug-likeness (QED) is 0.111. The summed E-state index contributed by atoms with van der Waals surface area (Å²) in [7, 11) is 0. The molecule has 10 aromatic carbocycles. The van der Waals surface area contributed by atoms with Crippen molar-refractivity contribution in [3.05, 3.63) is 284 Å². The Morgan fingerprint density at radius 3 is 1.20 bits per heavy atom. The van der Waals surface area contributed by atoms with Gasteiger partial charge in [0.2, 0.25) is 0 Å². The number of allylic oxidation sites excluding steroid dienone is 1. The fourth-order valence-electron chi connectivity index (χ4n) is 8.69. The molecular formula is C63H47N. The molecule has 0 radical (unpaired) electrons. The lowest BCUT2D eigenvalue weighted by Crippen LogP contribution is -2.11. The van der Waals surface area contributed by atoms with E-state index in [2.05, 4.69) is 278 Å². The summed E-state index contributed by atoms with van der Waals surface area (Å²) in [5.41, 5.74) is 20.4. The zero-order valence-electron chi connectivity index (χ0n) is 35.6. The van der Waals surface area contributed by atoms with E-state index in [1.807, 2.05) is 0 Å². The van der Waals surface area contributed by atoms with Gasteiger partial charge in [-0.3, -0.25) is 0 Å². The highest BCUT2D eigenvalue weighted by Crippen LogP contribution is 2.41. The van der Waals surface area contributed by atoms with Gasteiger partial charge in [-0.05, 0) is 109 Å². The molecule has 0 unspecified atom stereocenters. The number of rotatable bonds is 12. The van der Waals surface area contributed by atoms with Gasteiger partial charge >= 0.3 is 0 Å². The minimum absolute atomic E-state index is 0.827. The van der Waals surface area contributed by atoms with E-state index in [1.165, 1.54) is 77.9 Å². The van der Waals surface area contributed by atoms with Crippen molar-refractivity contribution < 1.29 is 0 Å². The van der Waals surface area contributed by atoms with Gasteiger partial charge < -0.3 is 4.90 Å². The second kappa shape index (κ2) is 18.8. The summed E-state index contributed by atoms with van der Waals surface area (Å²) >= 11 is 0. The number of benzene rings is 10. The summed E-state index contributed by atoms with van der Waals surface area (Å²) in [4.78, 5) is 2.35. The smallest absolute Gasteiger partial charge is 0.0540 e. The lowest BCUT2D eigenvalue weighted by molar-refractivity contribution is 1.28. The first-order valence-corrected chi connectivity index (χ1v) is 22.0.